The van der Waals surface area contributed by atoms with Crippen LogP contribution in [-0.4, -0.2) is 20.0 Å². The van der Waals surface area contributed by atoms with Gasteiger partial charge in [-0.1, -0.05) is 13.8 Å². The van der Waals surface area contributed by atoms with E-state index in [1.807, 2.05) is 6.92 Å². The molecule has 2 heterocycles. The van der Waals surface area contributed by atoms with Crippen LogP contribution in [0, 0.1) is 18.7 Å². The molecule has 0 amide bonds. The number of aromatic amines is 1. The number of fused-ring (bicyclic) bond motifs is 1. The molecular formula is C15H18FN5. The number of H-pyrrole nitrogens is 1. The summed E-state index contributed by atoms with van der Waals surface area (Å²) in [6.07, 6.45) is 0.813. The molecule has 0 saturated heterocycles. The molecule has 21 heavy (non-hydrogen) atoms. The van der Waals surface area contributed by atoms with Gasteiger partial charge in [0.05, 0.1) is 16.8 Å². The Labute approximate surface area is 122 Å². The number of aromatic nitrogens is 4. The van der Waals surface area contributed by atoms with E-state index in [-0.39, 0.29) is 5.82 Å². The van der Waals surface area contributed by atoms with Gasteiger partial charge < -0.3 is 5.73 Å². The van der Waals surface area contributed by atoms with Crippen molar-refractivity contribution in [3.8, 4) is 5.69 Å². The molecule has 0 aliphatic rings. The first-order valence-electron chi connectivity index (χ1n) is 6.95. The van der Waals surface area contributed by atoms with Crippen LogP contribution in [0.3, 0.4) is 0 Å². The largest absolute Gasteiger partial charge is 0.383 e. The van der Waals surface area contributed by atoms with Gasteiger partial charge in [-0.3, -0.25) is 5.10 Å². The standard InChI is InChI=1S/C15H18FN5/c1-8(2)6-11-13-14(17)18-19-15(13)21(20-11)12-5-4-10(16)7-9(12)3/h4-5,7-8H,6H2,1-3H3,(H3,17,18,19). The van der Waals surface area contributed by atoms with E-state index >= 15 is 0 Å². The van der Waals surface area contributed by atoms with Crippen LogP contribution in [0.4, 0.5) is 10.2 Å². The Bertz CT molecular complexity index is 800. The highest BCUT2D eigenvalue weighted by Gasteiger charge is 2.19. The first kappa shape index (κ1) is 13.6. The number of hydrogen-bond donors (Lipinski definition) is 2. The van der Waals surface area contributed by atoms with Gasteiger partial charge in [0.1, 0.15) is 11.6 Å². The summed E-state index contributed by atoms with van der Waals surface area (Å²) >= 11 is 0. The number of nitrogen functional groups attached to an aromatic ring is 1. The quantitative estimate of drug-likeness (QED) is 0.778. The third-order valence-corrected chi connectivity index (χ3v) is 3.47. The number of nitrogens with two attached hydrogens (primary N) is 1. The van der Waals surface area contributed by atoms with Gasteiger partial charge in [-0.05, 0) is 43.0 Å². The maximum Gasteiger partial charge on any atom is 0.186 e. The molecule has 0 fully saturated rings. The summed E-state index contributed by atoms with van der Waals surface area (Å²) < 4.78 is 15.0. The summed E-state index contributed by atoms with van der Waals surface area (Å²) in [5, 5.41) is 12.5. The van der Waals surface area contributed by atoms with Crippen molar-refractivity contribution in [2.24, 2.45) is 5.92 Å². The second-order valence-electron chi connectivity index (χ2n) is 5.72. The van der Waals surface area contributed by atoms with E-state index in [2.05, 4.69) is 29.1 Å². The first-order chi connectivity index (χ1) is 9.97. The van der Waals surface area contributed by atoms with E-state index in [1.54, 1.807) is 10.7 Å². The predicted molar refractivity (Wildman–Crippen MR) is 80.9 cm³/mol. The zero-order valence-corrected chi connectivity index (χ0v) is 12.3. The van der Waals surface area contributed by atoms with Crippen LogP contribution >= 0.6 is 0 Å². The van der Waals surface area contributed by atoms with Crippen LogP contribution in [0.25, 0.3) is 16.7 Å². The van der Waals surface area contributed by atoms with Gasteiger partial charge >= 0.3 is 0 Å². The van der Waals surface area contributed by atoms with E-state index < -0.39 is 0 Å². The molecule has 0 aliphatic heterocycles. The zero-order valence-electron chi connectivity index (χ0n) is 12.3. The molecule has 0 saturated carbocycles. The lowest BCUT2D eigenvalue weighted by atomic mass is 10.1. The Hall–Kier alpha value is -2.37. The fraction of sp³-hybridized carbons (Fsp3) is 0.333. The molecule has 0 aliphatic carbocycles. The molecule has 0 unspecified atom stereocenters. The Morgan fingerprint density at radius 2 is 2.14 bits per heavy atom. The number of hydrogen-bond acceptors (Lipinski definition) is 3. The van der Waals surface area contributed by atoms with E-state index in [0.717, 1.165) is 28.8 Å². The van der Waals surface area contributed by atoms with Crippen LogP contribution in [0.1, 0.15) is 25.1 Å². The molecule has 110 valence electrons. The van der Waals surface area contributed by atoms with Gasteiger partial charge in [0, 0.05) is 0 Å². The molecule has 3 N–H and O–H groups in total. The smallest absolute Gasteiger partial charge is 0.186 e. The second kappa shape index (κ2) is 4.87. The lowest BCUT2D eigenvalue weighted by Gasteiger charge is -2.06. The molecule has 2 aromatic heterocycles. The number of anilines is 1. The highest BCUT2D eigenvalue weighted by atomic mass is 19.1. The summed E-state index contributed by atoms with van der Waals surface area (Å²) in [5.41, 5.74) is 9.18. The van der Waals surface area contributed by atoms with Crippen molar-refractivity contribution < 1.29 is 4.39 Å². The van der Waals surface area contributed by atoms with Crippen molar-refractivity contribution in [3.63, 3.8) is 0 Å². The molecule has 0 atom stereocenters. The number of nitrogens with zero attached hydrogens (tertiary/aromatic N) is 3. The maximum absolute atomic E-state index is 13.3. The van der Waals surface area contributed by atoms with E-state index in [0.29, 0.717) is 17.4 Å². The lowest BCUT2D eigenvalue weighted by molar-refractivity contribution is 0.623. The Balaban J connectivity index is 2.23. The summed E-state index contributed by atoms with van der Waals surface area (Å²) in [6.45, 7) is 6.11. The zero-order chi connectivity index (χ0) is 15.1. The minimum absolute atomic E-state index is 0.261. The van der Waals surface area contributed by atoms with Crippen molar-refractivity contribution in [2.75, 3.05) is 5.73 Å². The summed E-state index contributed by atoms with van der Waals surface area (Å²) in [7, 11) is 0. The molecule has 0 spiro atoms. The molecule has 3 rings (SSSR count). The van der Waals surface area contributed by atoms with Crippen LogP contribution < -0.4 is 5.73 Å². The third-order valence-electron chi connectivity index (χ3n) is 3.47. The summed E-state index contributed by atoms with van der Waals surface area (Å²) in [4.78, 5) is 0. The van der Waals surface area contributed by atoms with Gasteiger partial charge in [0.25, 0.3) is 0 Å². The Morgan fingerprint density at radius 3 is 2.81 bits per heavy atom. The highest BCUT2D eigenvalue weighted by molar-refractivity contribution is 5.90. The maximum atomic E-state index is 13.3. The number of benzene rings is 1. The minimum atomic E-state index is -0.261. The number of nitrogens with one attached hydrogen (secondary N) is 1. The predicted octanol–water partition coefficient (Wildman–Crippen LogP) is 2.98. The topological polar surface area (TPSA) is 72.5 Å². The van der Waals surface area contributed by atoms with Crippen molar-refractivity contribution >= 4 is 16.9 Å². The second-order valence-corrected chi connectivity index (χ2v) is 5.72. The molecule has 6 heteroatoms. The summed E-state index contributed by atoms with van der Waals surface area (Å²) in [6, 6.07) is 4.62. The lowest BCUT2D eigenvalue weighted by Crippen LogP contribution is -2.03. The molecule has 0 radical (unpaired) electrons. The minimum Gasteiger partial charge on any atom is -0.383 e. The Kier molecular flexibility index (Phi) is 3.16. The number of halogens is 1. The van der Waals surface area contributed by atoms with Crippen molar-refractivity contribution in [1.29, 1.82) is 0 Å². The monoisotopic (exact) mass is 287 g/mol. The van der Waals surface area contributed by atoms with Gasteiger partial charge in [0.2, 0.25) is 0 Å². The molecule has 0 bridgehead atoms. The molecule has 1 aromatic carbocycles. The fourth-order valence-electron chi connectivity index (χ4n) is 2.56. The van der Waals surface area contributed by atoms with E-state index in [1.165, 1.54) is 12.1 Å². The van der Waals surface area contributed by atoms with Crippen LogP contribution in [0.2, 0.25) is 0 Å². The summed E-state index contributed by atoms with van der Waals surface area (Å²) in [5.74, 6) is 0.718. The van der Waals surface area contributed by atoms with Gasteiger partial charge in [0.15, 0.2) is 5.65 Å². The third kappa shape index (κ3) is 2.26. The fourth-order valence-corrected chi connectivity index (χ4v) is 2.56. The molecule has 3 aromatic rings. The highest BCUT2D eigenvalue weighted by Crippen LogP contribution is 2.27. The van der Waals surface area contributed by atoms with Crippen LogP contribution in [0.5, 0.6) is 0 Å². The Morgan fingerprint density at radius 1 is 1.38 bits per heavy atom. The van der Waals surface area contributed by atoms with Crippen molar-refractivity contribution in [1.82, 2.24) is 20.0 Å². The average Bonchev–Trinajstić information content (AvgIpc) is 2.92. The normalized spacial score (nSPS) is 11.7. The van der Waals surface area contributed by atoms with E-state index in [9.17, 15) is 4.39 Å². The van der Waals surface area contributed by atoms with Crippen molar-refractivity contribution in [2.45, 2.75) is 27.2 Å². The van der Waals surface area contributed by atoms with Gasteiger partial charge in [-0.2, -0.15) is 10.2 Å². The van der Waals surface area contributed by atoms with Crippen LogP contribution in [-0.2, 0) is 6.42 Å². The average molecular weight is 287 g/mol. The van der Waals surface area contributed by atoms with Gasteiger partial charge in [-0.25, -0.2) is 9.07 Å². The molecular weight excluding hydrogens is 269 g/mol. The molecule has 5 nitrogen and oxygen atoms in total. The van der Waals surface area contributed by atoms with Crippen molar-refractivity contribution in [3.05, 3.63) is 35.3 Å². The first-order valence-corrected chi connectivity index (χ1v) is 6.95. The SMILES string of the molecule is Cc1cc(F)ccc1-n1nc(CC(C)C)c2c(N)[nH]nc21. The van der Waals surface area contributed by atoms with E-state index in [4.69, 9.17) is 5.73 Å². The number of aryl methyl sites for hydroxylation is 1. The van der Waals surface area contributed by atoms with Gasteiger partial charge in [-0.15, -0.1) is 0 Å². The van der Waals surface area contributed by atoms with Crippen LogP contribution in [0.15, 0.2) is 18.2 Å². The number of rotatable bonds is 3.